The molecule has 0 amide bonds. The van der Waals surface area contributed by atoms with Gasteiger partial charge < -0.3 is 9.30 Å². The number of para-hydroxylation sites is 1. The van der Waals surface area contributed by atoms with E-state index in [9.17, 15) is 0 Å². The highest BCUT2D eigenvalue weighted by molar-refractivity contribution is 7.98. The molecule has 2 aromatic heterocycles. The van der Waals surface area contributed by atoms with E-state index in [1.54, 1.807) is 23.1 Å². The third-order valence-corrected chi connectivity index (χ3v) is 7.72. The lowest BCUT2D eigenvalue weighted by molar-refractivity contribution is 0.213. The molecule has 5 rings (SSSR count). The Morgan fingerprint density at radius 3 is 2.44 bits per heavy atom. The number of rotatable bonds is 10. The third-order valence-electron chi connectivity index (χ3n) is 5.84. The van der Waals surface area contributed by atoms with Crippen LogP contribution in [0.2, 0.25) is 0 Å². The van der Waals surface area contributed by atoms with Crippen LogP contribution in [0.25, 0.3) is 0 Å². The SMILES string of the molecule is c1ccc(Cn2c(CN3CCCCC3)nnc2SCc2csc(COc3ccccc3)n2)cc1. The quantitative estimate of drug-likeness (QED) is 0.268. The number of piperidine rings is 1. The summed E-state index contributed by atoms with van der Waals surface area (Å²) in [6, 6.07) is 20.4. The fourth-order valence-electron chi connectivity index (χ4n) is 4.07. The van der Waals surface area contributed by atoms with Gasteiger partial charge in [-0.1, -0.05) is 66.7 Å². The molecule has 1 fully saturated rings. The largest absolute Gasteiger partial charge is 0.486 e. The van der Waals surface area contributed by atoms with Gasteiger partial charge in [0, 0.05) is 11.1 Å². The maximum absolute atomic E-state index is 5.84. The van der Waals surface area contributed by atoms with Crippen molar-refractivity contribution < 1.29 is 4.74 Å². The van der Waals surface area contributed by atoms with Crippen LogP contribution in [0.1, 0.15) is 41.4 Å². The molecular formula is C26H29N5OS2. The van der Waals surface area contributed by atoms with Crippen molar-refractivity contribution in [3.63, 3.8) is 0 Å². The number of benzene rings is 2. The van der Waals surface area contributed by atoms with Gasteiger partial charge in [-0.2, -0.15) is 0 Å². The zero-order chi connectivity index (χ0) is 23.0. The molecule has 1 aliphatic rings. The first-order valence-corrected chi connectivity index (χ1v) is 13.6. The summed E-state index contributed by atoms with van der Waals surface area (Å²) < 4.78 is 8.12. The van der Waals surface area contributed by atoms with Crippen LogP contribution in [0.5, 0.6) is 5.75 Å². The van der Waals surface area contributed by atoms with Crippen LogP contribution in [0, 0.1) is 0 Å². The van der Waals surface area contributed by atoms with Crippen molar-refractivity contribution in [3.05, 3.63) is 88.1 Å². The van der Waals surface area contributed by atoms with Crippen molar-refractivity contribution in [2.45, 2.75) is 49.9 Å². The van der Waals surface area contributed by atoms with Gasteiger partial charge in [-0.15, -0.1) is 21.5 Å². The molecule has 0 atom stereocenters. The first kappa shape index (κ1) is 23.1. The molecule has 2 aromatic carbocycles. The summed E-state index contributed by atoms with van der Waals surface area (Å²) in [5, 5.41) is 13.2. The van der Waals surface area contributed by atoms with Crippen molar-refractivity contribution in [1.29, 1.82) is 0 Å². The number of thiazole rings is 1. The van der Waals surface area contributed by atoms with Gasteiger partial charge in [-0.25, -0.2) is 4.98 Å². The molecule has 1 aliphatic heterocycles. The van der Waals surface area contributed by atoms with E-state index >= 15 is 0 Å². The van der Waals surface area contributed by atoms with Crippen molar-refractivity contribution in [3.8, 4) is 5.75 Å². The van der Waals surface area contributed by atoms with Crippen LogP contribution < -0.4 is 4.74 Å². The van der Waals surface area contributed by atoms with Crippen molar-refractivity contribution in [1.82, 2.24) is 24.6 Å². The number of thioether (sulfide) groups is 1. The maximum Gasteiger partial charge on any atom is 0.191 e. The third kappa shape index (κ3) is 6.25. The molecule has 3 heterocycles. The molecule has 0 unspecified atom stereocenters. The number of hydrogen-bond acceptors (Lipinski definition) is 7. The van der Waals surface area contributed by atoms with Gasteiger partial charge in [0.2, 0.25) is 0 Å². The van der Waals surface area contributed by atoms with Crippen molar-refractivity contribution in [2.75, 3.05) is 13.1 Å². The van der Waals surface area contributed by atoms with Gasteiger partial charge in [-0.05, 0) is 43.6 Å². The van der Waals surface area contributed by atoms with Gasteiger partial charge in [0.25, 0.3) is 0 Å². The number of likely N-dealkylation sites (tertiary alicyclic amines) is 1. The standard InChI is InChI=1S/C26H29N5OS2/c1-4-10-21(11-5-1)16-31-24(17-30-14-8-3-9-15-30)28-29-26(31)34-20-22-19-33-25(27-22)18-32-23-12-6-2-7-13-23/h1-2,4-7,10-13,19H,3,8-9,14-18,20H2. The molecule has 8 heteroatoms. The van der Waals surface area contributed by atoms with E-state index in [1.165, 1.54) is 24.8 Å². The van der Waals surface area contributed by atoms with Gasteiger partial charge in [0.05, 0.1) is 18.8 Å². The smallest absolute Gasteiger partial charge is 0.191 e. The predicted octanol–water partition coefficient (Wildman–Crippen LogP) is 5.64. The second-order valence-corrected chi connectivity index (χ2v) is 10.3. The van der Waals surface area contributed by atoms with Crippen molar-refractivity contribution >= 4 is 23.1 Å². The topological polar surface area (TPSA) is 56.1 Å². The maximum atomic E-state index is 5.84. The Labute approximate surface area is 209 Å². The van der Waals surface area contributed by atoms with E-state index in [2.05, 4.69) is 55.4 Å². The highest BCUT2D eigenvalue weighted by atomic mass is 32.2. The Bertz CT molecular complexity index is 1160. The number of nitrogens with zero attached hydrogens (tertiary/aromatic N) is 5. The highest BCUT2D eigenvalue weighted by Gasteiger charge is 2.18. The lowest BCUT2D eigenvalue weighted by Crippen LogP contribution is -2.30. The Kier molecular flexibility index (Phi) is 7.90. The Morgan fingerprint density at radius 2 is 1.65 bits per heavy atom. The molecule has 0 N–H and O–H groups in total. The summed E-state index contributed by atoms with van der Waals surface area (Å²) in [5.74, 6) is 2.67. The first-order chi connectivity index (χ1) is 16.8. The lowest BCUT2D eigenvalue weighted by Gasteiger charge is -2.26. The molecule has 4 aromatic rings. The molecule has 1 saturated heterocycles. The monoisotopic (exact) mass is 491 g/mol. The van der Waals surface area contributed by atoms with Crippen LogP contribution in [0.4, 0.5) is 0 Å². The molecule has 176 valence electrons. The summed E-state index contributed by atoms with van der Waals surface area (Å²) in [5.41, 5.74) is 2.31. The lowest BCUT2D eigenvalue weighted by atomic mass is 10.1. The van der Waals surface area contributed by atoms with E-state index in [-0.39, 0.29) is 0 Å². The molecule has 0 spiro atoms. The van der Waals surface area contributed by atoms with E-state index < -0.39 is 0 Å². The normalized spacial score (nSPS) is 14.4. The second-order valence-electron chi connectivity index (χ2n) is 8.43. The fraction of sp³-hybridized carbons (Fsp3) is 0.346. The van der Waals surface area contributed by atoms with E-state index in [1.807, 2.05) is 30.3 Å². The minimum Gasteiger partial charge on any atom is -0.486 e. The predicted molar refractivity (Wildman–Crippen MR) is 137 cm³/mol. The van der Waals surface area contributed by atoms with Crippen LogP contribution >= 0.6 is 23.1 Å². The van der Waals surface area contributed by atoms with Crippen LogP contribution in [-0.2, 0) is 25.4 Å². The zero-order valence-electron chi connectivity index (χ0n) is 19.2. The van der Waals surface area contributed by atoms with Gasteiger partial charge in [0.1, 0.15) is 23.2 Å². The van der Waals surface area contributed by atoms with Crippen LogP contribution in [-0.4, -0.2) is 37.7 Å². The van der Waals surface area contributed by atoms with E-state index in [4.69, 9.17) is 9.72 Å². The molecule has 0 aliphatic carbocycles. The molecule has 6 nitrogen and oxygen atoms in total. The minimum atomic E-state index is 0.490. The molecule has 0 radical (unpaired) electrons. The zero-order valence-corrected chi connectivity index (χ0v) is 20.8. The molecule has 0 bridgehead atoms. The van der Waals surface area contributed by atoms with Gasteiger partial charge >= 0.3 is 0 Å². The van der Waals surface area contributed by atoms with E-state index in [0.29, 0.717) is 6.61 Å². The number of hydrogen-bond donors (Lipinski definition) is 0. The molecule has 0 saturated carbocycles. The highest BCUT2D eigenvalue weighted by Crippen LogP contribution is 2.25. The fourth-order valence-corrected chi connectivity index (χ4v) is 5.73. The summed E-state index contributed by atoms with van der Waals surface area (Å²) in [7, 11) is 0. The van der Waals surface area contributed by atoms with Gasteiger partial charge in [0.15, 0.2) is 5.16 Å². The number of ether oxygens (including phenoxy) is 1. The Hall–Kier alpha value is -2.68. The average molecular weight is 492 g/mol. The average Bonchev–Trinajstić information content (AvgIpc) is 3.50. The second kappa shape index (κ2) is 11.6. The molecular weight excluding hydrogens is 462 g/mol. The summed E-state index contributed by atoms with van der Waals surface area (Å²) in [6.07, 6.45) is 3.88. The Morgan fingerprint density at radius 1 is 0.882 bits per heavy atom. The van der Waals surface area contributed by atoms with E-state index in [0.717, 1.165) is 59.4 Å². The summed E-state index contributed by atoms with van der Waals surface area (Å²) in [4.78, 5) is 7.26. The number of aromatic nitrogens is 4. The summed E-state index contributed by atoms with van der Waals surface area (Å²) >= 11 is 3.34. The van der Waals surface area contributed by atoms with Crippen LogP contribution in [0.15, 0.2) is 71.2 Å². The molecule has 34 heavy (non-hydrogen) atoms. The van der Waals surface area contributed by atoms with Gasteiger partial charge in [-0.3, -0.25) is 4.90 Å². The van der Waals surface area contributed by atoms with Crippen molar-refractivity contribution in [2.24, 2.45) is 0 Å². The summed E-state index contributed by atoms with van der Waals surface area (Å²) in [6.45, 7) is 4.43. The van der Waals surface area contributed by atoms with Crippen LogP contribution in [0.3, 0.4) is 0 Å². The Balaban J connectivity index is 1.25. The first-order valence-electron chi connectivity index (χ1n) is 11.8. The minimum absolute atomic E-state index is 0.490.